The normalized spacial score (nSPS) is 9.40. The zero-order valence-corrected chi connectivity index (χ0v) is 6.22. The molecule has 1 heterocycles. The van der Waals surface area contributed by atoms with Crippen molar-refractivity contribution in [3.8, 4) is 5.75 Å². The number of pyridine rings is 1. The molecule has 0 radical (unpaired) electrons. The second-order valence-corrected chi connectivity index (χ2v) is 2.12. The monoisotopic (exact) mass is 158 g/mol. The molecule has 0 fully saturated rings. The van der Waals surface area contributed by atoms with Gasteiger partial charge in [-0.1, -0.05) is 11.6 Å². The maximum atomic E-state index is 5.68. The van der Waals surface area contributed by atoms with Crippen molar-refractivity contribution in [2.24, 2.45) is 0 Å². The van der Waals surface area contributed by atoms with Gasteiger partial charge in [0.1, 0.15) is 0 Å². The van der Waals surface area contributed by atoms with Gasteiger partial charge in [-0.25, -0.2) is 4.98 Å². The van der Waals surface area contributed by atoms with Crippen LogP contribution in [0.5, 0.6) is 5.75 Å². The summed E-state index contributed by atoms with van der Waals surface area (Å²) in [4.78, 5) is 3.78. The summed E-state index contributed by atoms with van der Waals surface area (Å²) in [6, 6.07) is 1.62. The van der Waals surface area contributed by atoms with E-state index >= 15 is 0 Å². The minimum Gasteiger partial charge on any atom is -0.491 e. The molecule has 0 bridgehead atoms. The predicted octanol–water partition coefficient (Wildman–Crippen LogP) is 1.33. The van der Waals surface area contributed by atoms with Crippen LogP contribution in [0.1, 0.15) is 0 Å². The molecule has 0 aliphatic rings. The molecule has 0 amide bonds. The highest BCUT2D eigenvalue weighted by Crippen LogP contribution is 2.27. The average molecular weight is 159 g/mol. The van der Waals surface area contributed by atoms with Crippen molar-refractivity contribution in [3.05, 3.63) is 17.3 Å². The van der Waals surface area contributed by atoms with E-state index in [0.717, 1.165) is 0 Å². The van der Waals surface area contributed by atoms with Crippen LogP contribution in [-0.2, 0) is 0 Å². The van der Waals surface area contributed by atoms with Crippen molar-refractivity contribution in [2.45, 2.75) is 0 Å². The molecule has 3 nitrogen and oxygen atoms in total. The fourth-order valence-corrected chi connectivity index (χ4v) is 0.872. The van der Waals surface area contributed by atoms with Gasteiger partial charge >= 0.3 is 0 Å². The Kier molecular flexibility index (Phi) is 1.97. The maximum absolute atomic E-state index is 5.68. The summed E-state index contributed by atoms with van der Waals surface area (Å²) in [6.07, 6.45) is 1.53. The van der Waals surface area contributed by atoms with Crippen molar-refractivity contribution in [1.82, 2.24) is 4.98 Å². The molecule has 0 aliphatic carbocycles. The smallest absolute Gasteiger partial charge is 0.179 e. The van der Waals surface area contributed by atoms with Gasteiger partial charge in [0.2, 0.25) is 0 Å². The van der Waals surface area contributed by atoms with Gasteiger partial charge in [0.15, 0.2) is 11.6 Å². The molecule has 10 heavy (non-hydrogen) atoms. The number of nitrogens with two attached hydrogens (primary N) is 1. The molecular weight excluding hydrogens is 152 g/mol. The molecule has 0 saturated heterocycles. The third kappa shape index (κ3) is 1.14. The maximum Gasteiger partial charge on any atom is 0.179 e. The summed E-state index contributed by atoms with van der Waals surface area (Å²) < 4.78 is 4.86. The molecule has 1 aromatic rings. The first-order valence-electron chi connectivity index (χ1n) is 2.69. The average Bonchev–Trinajstić information content (AvgIpc) is 1.88. The van der Waals surface area contributed by atoms with E-state index in [1.807, 2.05) is 0 Å². The van der Waals surface area contributed by atoms with Crippen molar-refractivity contribution in [1.29, 1.82) is 0 Å². The number of halogens is 1. The SMILES string of the molecule is COc1c(Cl)ccnc1N. The molecule has 0 aromatic carbocycles. The summed E-state index contributed by atoms with van der Waals surface area (Å²) in [5, 5.41) is 0.481. The number of methoxy groups -OCH3 is 1. The molecule has 0 saturated carbocycles. The Balaban J connectivity index is 3.17. The van der Waals surface area contributed by atoms with Crippen LogP contribution in [0.15, 0.2) is 12.3 Å². The molecule has 4 heteroatoms. The standard InChI is InChI=1S/C6H7ClN2O/c1-10-5-4(7)2-3-9-6(5)8/h2-3H,1H3,(H2,8,9). The molecule has 1 rings (SSSR count). The second-order valence-electron chi connectivity index (χ2n) is 1.71. The Morgan fingerprint density at radius 3 is 2.80 bits per heavy atom. The van der Waals surface area contributed by atoms with Crippen molar-refractivity contribution in [2.75, 3.05) is 12.8 Å². The highest BCUT2D eigenvalue weighted by atomic mass is 35.5. The third-order valence-corrected chi connectivity index (χ3v) is 1.39. The fraction of sp³-hybridized carbons (Fsp3) is 0.167. The van der Waals surface area contributed by atoms with Crippen molar-refractivity contribution in [3.63, 3.8) is 0 Å². The van der Waals surface area contributed by atoms with Crippen LogP contribution in [0.25, 0.3) is 0 Å². The highest BCUT2D eigenvalue weighted by Gasteiger charge is 2.03. The molecule has 2 N–H and O–H groups in total. The lowest BCUT2D eigenvalue weighted by atomic mass is 10.4. The zero-order valence-electron chi connectivity index (χ0n) is 5.47. The zero-order chi connectivity index (χ0) is 7.56. The molecule has 1 aromatic heterocycles. The summed E-state index contributed by atoms with van der Waals surface area (Å²) in [7, 11) is 1.50. The van der Waals surface area contributed by atoms with E-state index in [-0.39, 0.29) is 0 Å². The first-order chi connectivity index (χ1) is 4.75. The van der Waals surface area contributed by atoms with Crippen LogP contribution in [0.2, 0.25) is 5.02 Å². The topological polar surface area (TPSA) is 48.1 Å². The van der Waals surface area contributed by atoms with Crippen molar-refractivity contribution >= 4 is 17.4 Å². The fourth-order valence-electron chi connectivity index (χ4n) is 0.642. The van der Waals surface area contributed by atoms with Crippen LogP contribution in [0.4, 0.5) is 5.82 Å². The van der Waals surface area contributed by atoms with E-state index < -0.39 is 0 Å². The molecule has 0 unspecified atom stereocenters. The number of hydrogen-bond acceptors (Lipinski definition) is 3. The molecule has 0 aliphatic heterocycles. The summed E-state index contributed by atoms with van der Waals surface area (Å²) >= 11 is 5.68. The minimum atomic E-state index is 0.315. The lowest BCUT2D eigenvalue weighted by Crippen LogP contribution is -1.95. The van der Waals surface area contributed by atoms with Gasteiger partial charge in [0.25, 0.3) is 0 Å². The number of anilines is 1. The van der Waals surface area contributed by atoms with Gasteiger partial charge in [0, 0.05) is 6.20 Å². The predicted molar refractivity (Wildman–Crippen MR) is 40.2 cm³/mol. The van der Waals surface area contributed by atoms with Gasteiger partial charge < -0.3 is 10.5 Å². The Labute approximate surface area is 63.8 Å². The first-order valence-corrected chi connectivity index (χ1v) is 3.07. The molecule has 0 spiro atoms. The molecular formula is C6H7ClN2O. The summed E-state index contributed by atoms with van der Waals surface area (Å²) in [6.45, 7) is 0. The largest absolute Gasteiger partial charge is 0.491 e. The third-order valence-electron chi connectivity index (χ3n) is 1.09. The Morgan fingerprint density at radius 2 is 2.40 bits per heavy atom. The number of nitrogen functional groups attached to an aromatic ring is 1. The number of aromatic nitrogens is 1. The minimum absolute atomic E-state index is 0.315. The lowest BCUT2D eigenvalue weighted by molar-refractivity contribution is 0.415. The van der Waals surface area contributed by atoms with Crippen LogP contribution < -0.4 is 10.5 Å². The van der Waals surface area contributed by atoms with E-state index in [2.05, 4.69) is 4.98 Å². The van der Waals surface area contributed by atoms with Crippen LogP contribution in [-0.4, -0.2) is 12.1 Å². The first kappa shape index (κ1) is 7.15. The molecule has 0 atom stereocenters. The van der Waals surface area contributed by atoms with Crippen LogP contribution in [0, 0.1) is 0 Å². The lowest BCUT2D eigenvalue weighted by Gasteiger charge is -2.03. The number of hydrogen-bond donors (Lipinski definition) is 1. The Hall–Kier alpha value is -0.960. The van der Waals surface area contributed by atoms with E-state index in [1.54, 1.807) is 6.07 Å². The van der Waals surface area contributed by atoms with Crippen LogP contribution >= 0.6 is 11.6 Å². The van der Waals surface area contributed by atoms with Gasteiger partial charge in [-0.15, -0.1) is 0 Å². The second kappa shape index (κ2) is 2.75. The number of rotatable bonds is 1. The van der Waals surface area contributed by atoms with Crippen LogP contribution in [0.3, 0.4) is 0 Å². The van der Waals surface area contributed by atoms with Gasteiger partial charge in [0.05, 0.1) is 12.1 Å². The van der Waals surface area contributed by atoms with Gasteiger partial charge in [-0.3, -0.25) is 0 Å². The quantitative estimate of drug-likeness (QED) is 0.671. The van der Waals surface area contributed by atoms with E-state index in [1.165, 1.54) is 13.3 Å². The van der Waals surface area contributed by atoms with E-state index in [9.17, 15) is 0 Å². The van der Waals surface area contributed by atoms with E-state index in [0.29, 0.717) is 16.6 Å². The summed E-state index contributed by atoms with van der Waals surface area (Å²) in [5.74, 6) is 0.749. The van der Waals surface area contributed by atoms with Gasteiger partial charge in [-0.2, -0.15) is 0 Å². The highest BCUT2D eigenvalue weighted by molar-refractivity contribution is 6.32. The molecule has 54 valence electrons. The Morgan fingerprint density at radius 1 is 1.70 bits per heavy atom. The number of nitrogens with zero attached hydrogens (tertiary/aromatic N) is 1. The number of ether oxygens (including phenoxy) is 1. The summed E-state index contributed by atoms with van der Waals surface area (Å²) in [5.41, 5.74) is 5.41. The van der Waals surface area contributed by atoms with Crippen molar-refractivity contribution < 1.29 is 4.74 Å². The van der Waals surface area contributed by atoms with Gasteiger partial charge in [-0.05, 0) is 6.07 Å². The van der Waals surface area contributed by atoms with E-state index in [4.69, 9.17) is 22.1 Å². The Bertz CT molecular complexity index is 219.